The number of ether oxygens (including phenoxy) is 2. The molecule has 3 amide bonds. The zero-order valence-electron chi connectivity index (χ0n) is 18.7. The Bertz CT molecular complexity index is 609. The monoisotopic (exact) mass is 445 g/mol. The van der Waals surface area contributed by atoms with Crippen LogP contribution >= 0.6 is 0 Å². The molecule has 0 spiro atoms. The van der Waals surface area contributed by atoms with Gasteiger partial charge in [0.1, 0.15) is 6.04 Å². The Morgan fingerprint density at radius 1 is 1.00 bits per heavy atom. The van der Waals surface area contributed by atoms with Crippen LogP contribution in [-0.2, 0) is 33.4 Å². The van der Waals surface area contributed by atoms with E-state index in [4.69, 9.17) is 14.6 Å². The minimum atomic E-state index is -0.964. The van der Waals surface area contributed by atoms with E-state index >= 15 is 0 Å². The number of carboxylic acid groups (broad SMARTS) is 1. The Morgan fingerprint density at radius 2 is 1.68 bits per heavy atom. The Labute approximate surface area is 182 Å². The zero-order valence-corrected chi connectivity index (χ0v) is 18.7. The molecule has 0 aromatic rings. The average molecular weight is 446 g/mol. The fourth-order valence-corrected chi connectivity index (χ4v) is 2.81. The Morgan fingerprint density at radius 3 is 2.23 bits per heavy atom. The van der Waals surface area contributed by atoms with Gasteiger partial charge in [0.25, 0.3) is 0 Å². The zero-order chi connectivity index (χ0) is 23.8. The van der Waals surface area contributed by atoms with Crippen LogP contribution in [0.4, 0.5) is 0 Å². The van der Waals surface area contributed by atoms with Crippen molar-refractivity contribution in [3.05, 3.63) is 0 Å². The van der Waals surface area contributed by atoms with Gasteiger partial charge in [-0.2, -0.15) is 0 Å². The van der Waals surface area contributed by atoms with Crippen molar-refractivity contribution < 1.29 is 38.6 Å². The molecule has 0 saturated heterocycles. The van der Waals surface area contributed by atoms with Crippen molar-refractivity contribution in [2.24, 2.45) is 11.8 Å². The molecule has 0 aromatic heterocycles. The first-order valence-electron chi connectivity index (χ1n) is 10.3. The van der Waals surface area contributed by atoms with Gasteiger partial charge in [-0.3, -0.25) is 24.0 Å². The predicted molar refractivity (Wildman–Crippen MR) is 111 cm³/mol. The summed E-state index contributed by atoms with van der Waals surface area (Å²) in [6.45, 7) is 4.28. The lowest BCUT2D eigenvalue weighted by Crippen LogP contribution is -2.47. The van der Waals surface area contributed by atoms with Crippen molar-refractivity contribution >= 4 is 29.7 Å². The molecule has 11 heteroatoms. The van der Waals surface area contributed by atoms with E-state index in [0.29, 0.717) is 6.42 Å². The second kappa shape index (κ2) is 16.1. The van der Waals surface area contributed by atoms with Crippen molar-refractivity contribution in [3.8, 4) is 0 Å². The highest BCUT2D eigenvalue weighted by atomic mass is 16.5. The summed E-state index contributed by atoms with van der Waals surface area (Å²) in [6.07, 6.45) is 0.305. The highest BCUT2D eigenvalue weighted by Crippen LogP contribution is 2.17. The van der Waals surface area contributed by atoms with Crippen LogP contribution in [0, 0.1) is 11.8 Å². The number of carboxylic acids is 1. The van der Waals surface area contributed by atoms with Crippen LogP contribution in [-0.4, -0.2) is 74.7 Å². The van der Waals surface area contributed by atoms with E-state index in [-0.39, 0.29) is 57.3 Å². The summed E-state index contributed by atoms with van der Waals surface area (Å²) in [5.74, 6) is -3.13. The van der Waals surface area contributed by atoms with Crippen LogP contribution in [0.15, 0.2) is 0 Å². The van der Waals surface area contributed by atoms with Crippen molar-refractivity contribution in [2.75, 3.05) is 33.9 Å². The molecule has 0 heterocycles. The molecular formula is C20H35N3O8. The summed E-state index contributed by atoms with van der Waals surface area (Å²) in [5, 5.41) is 16.1. The van der Waals surface area contributed by atoms with Crippen molar-refractivity contribution in [3.63, 3.8) is 0 Å². The summed E-state index contributed by atoms with van der Waals surface area (Å²) in [5.41, 5.74) is 0. The molecular weight excluding hydrogens is 410 g/mol. The van der Waals surface area contributed by atoms with Crippen LogP contribution in [0.5, 0.6) is 0 Å². The number of methoxy groups -OCH3 is 1. The first-order chi connectivity index (χ1) is 14.6. The molecule has 0 aliphatic heterocycles. The quantitative estimate of drug-likeness (QED) is 0.188. The highest BCUT2D eigenvalue weighted by Gasteiger charge is 2.27. The van der Waals surface area contributed by atoms with Gasteiger partial charge < -0.3 is 30.5 Å². The molecule has 0 radical (unpaired) electrons. The number of rotatable bonds is 16. The summed E-state index contributed by atoms with van der Waals surface area (Å²) >= 11 is 0. The third-order valence-electron chi connectivity index (χ3n) is 4.31. The third-order valence-corrected chi connectivity index (χ3v) is 4.31. The molecule has 0 fully saturated rings. The van der Waals surface area contributed by atoms with E-state index in [1.165, 1.54) is 14.2 Å². The fraction of sp³-hybridized carbons (Fsp3) is 0.750. The van der Waals surface area contributed by atoms with Gasteiger partial charge in [0.15, 0.2) is 0 Å². The number of hydrogen-bond acceptors (Lipinski definition) is 7. The second-order valence-electron chi connectivity index (χ2n) is 7.43. The smallest absolute Gasteiger partial charge is 0.309 e. The number of hydrogen-bond donors (Lipinski definition) is 4. The molecule has 0 bridgehead atoms. The molecule has 0 saturated carbocycles. The Kier molecular flexibility index (Phi) is 14.7. The first kappa shape index (κ1) is 28.3. The standard InChI is InChI=1S/C20H35N3O8/c1-13(2)11-14(20(29)30-4)12-17(25)23-15(19(28)21-3)5-6-16(24)22-8-10-31-9-7-18(26)27/h13-15H,5-12H2,1-4H3,(H,21,28)(H,22,24)(H,23,25)(H,26,27)/t14-,15+/m1/s1. The number of aliphatic carboxylic acids is 1. The van der Waals surface area contributed by atoms with Crippen LogP contribution in [0.25, 0.3) is 0 Å². The van der Waals surface area contributed by atoms with Crippen molar-refractivity contribution in [1.82, 2.24) is 16.0 Å². The van der Waals surface area contributed by atoms with Gasteiger partial charge in [-0.15, -0.1) is 0 Å². The molecule has 2 atom stereocenters. The summed E-state index contributed by atoms with van der Waals surface area (Å²) in [4.78, 5) is 58.7. The fourth-order valence-electron chi connectivity index (χ4n) is 2.81. The van der Waals surface area contributed by atoms with E-state index < -0.39 is 35.7 Å². The molecule has 11 nitrogen and oxygen atoms in total. The summed E-state index contributed by atoms with van der Waals surface area (Å²) in [6, 6.07) is -0.924. The van der Waals surface area contributed by atoms with Crippen LogP contribution < -0.4 is 16.0 Å². The van der Waals surface area contributed by atoms with E-state index in [9.17, 15) is 24.0 Å². The molecule has 0 aromatic carbocycles. The Balaban J connectivity index is 4.54. The van der Waals surface area contributed by atoms with Gasteiger partial charge in [-0.25, -0.2) is 0 Å². The maximum atomic E-state index is 12.4. The van der Waals surface area contributed by atoms with Crippen molar-refractivity contribution in [1.29, 1.82) is 0 Å². The number of carbonyl (C=O) groups excluding carboxylic acids is 4. The van der Waals surface area contributed by atoms with Gasteiger partial charge in [-0.1, -0.05) is 13.8 Å². The van der Waals surface area contributed by atoms with E-state index in [1.807, 2.05) is 13.8 Å². The van der Waals surface area contributed by atoms with Gasteiger partial charge in [0, 0.05) is 26.4 Å². The molecule has 0 rings (SSSR count). The second-order valence-corrected chi connectivity index (χ2v) is 7.43. The van der Waals surface area contributed by atoms with E-state index in [2.05, 4.69) is 16.0 Å². The first-order valence-corrected chi connectivity index (χ1v) is 10.3. The Hall–Kier alpha value is -2.69. The number of amides is 3. The number of carbonyl (C=O) groups is 5. The lowest BCUT2D eigenvalue weighted by atomic mass is 9.93. The molecule has 0 unspecified atom stereocenters. The SMILES string of the molecule is CNC(=O)[C@H](CCC(=O)NCCOCCC(=O)O)NC(=O)C[C@@H](CC(C)C)C(=O)OC. The number of nitrogens with one attached hydrogen (secondary N) is 3. The minimum absolute atomic E-state index is 0.0140. The summed E-state index contributed by atoms with van der Waals surface area (Å²) < 4.78 is 9.82. The maximum Gasteiger partial charge on any atom is 0.309 e. The number of esters is 1. The average Bonchev–Trinajstić information content (AvgIpc) is 2.71. The summed E-state index contributed by atoms with van der Waals surface area (Å²) in [7, 11) is 2.68. The minimum Gasteiger partial charge on any atom is -0.481 e. The lowest BCUT2D eigenvalue weighted by Gasteiger charge is -2.20. The van der Waals surface area contributed by atoms with E-state index in [1.54, 1.807) is 0 Å². The molecule has 4 N–H and O–H groups in total. The predicted octanol–water partition coefficient (Wildman–Crippen LogP) is -0.170. The molecule has 178 valence electrons. The van der Waals surface area contributed by atoms with Crippen LogP contribution in [0.3, 0.4) is 0 Å². The van der Waals surface area contributed by atoms with Gasteiger partial charge in [0.2, 0.25) is 17.7 Å². The lowest BCUT2D eigenvalue weighted by molar-refractivity contribution is -0.148. The van der Waals surface area contributed by atoms with Crippen molar-refractivity contribution in [2.45, 2.75) is 52.0 Å². The molecule has 0 aliphatic carbocycles. The topological polar surface area (TPSA) is 160 Å². The van der Waals surface area contributed by atoms with Gasteiger partial charge >= 0.3 is 11.9 Å². The molecule has 0 aliphatic rings. The van der Waals surface area contributed by atoms with E-state index in [0.717, 1.165) is 0 Å². The third kappa shape index (κ3) is 14.0. The maximum absolute atomic E-state index is 12.4. The highest BCUT2D eigenvalue weighted by molar-refractivity contribution is 5.89. The number of likely N-dealkylation sites (N-methyl/N-ethyl adjacent to an activating group) is 1. The largest absolute Gasteiger partial charge is 0.481 e. The van der Waals surface area contributed by atoms with Gasteiger partial charge in [-0.05, 0) is 18.8 Å². The van der Waals surface area contributed by atoms with Crippen LogP contribution in [0.2, 0.25) is 0 Å². The van der Waals surface area contributed by atoms with Gasteiger partial charge in [0.05, 0.1) is 32.7 Å². The normalized spacial score (nSPS) is 12.5. The van der Waals surface area contributed by atoms with Crippen LogP contribution in [0.1, 0.15) is 46.0 Å². The molecule has 31 heavy (non-hydrogen) atoms.